The molecule has 1 aliphatic carbocycles. The fraction of sp³-hybridized carbons (Fsp3) is 0.269. The number of benzene rings is 6. The molecular weight excluding hydrogens is 972 g/mol. The van der Waals surface area contributed by atoms with Gasteiger partial charge in [-0.2, -0.15) is 10.5 Å². The number of rotatable bonds is 12. The van der Waals surface area contributed by atoms with Crippen molar-refractivity contribution >= 4 is 62.2 Å². The quantitative estimate of drug-likeness (QED) is 0.0728. The molecule has 0 radical (unpaired) electrons. The van der Waals surface area contributed by atoms with Gasteiger partial charge in [-0.25, -0.2) is 0 Å². The molecule has 1 aliphatic rings. The van der Waals surface area contributed by atoms with Crippen LogP contribution < -0.4 is 42.5 Å². The van der Waals surface area contributed by atoms with Crippen LogP contribution in [-0.4, -0.2) is 26.6 Å². The van der Waals surface area contributed by atoms with Crippen molar-refractivity contribution in [2.45, 2.75) is 92.4 Å². The number of nitrogens with one attached hydrogen (secondary N) is 2. The van der Waals surface area contributed by atoms with Crippen LogP contribution >= 0.6 is 15.8 Å². The third-order valence-electron chi connectivity index (χ3n) is 10.5. The van der Waals surface area contributed by atoms with E-state index in [1.807, 2.05) is 0 Å². The molecule has 6 aromatic carbocycles. The van der Waals surface area contributed by atoms with Crippen LogP contribution in [0.25, 0.3) is 0 Å². The largest absolute Gasteiger partial charge is 2.00 e. The van der Waals surface area contributed by atoms with E-state index in [4.69, 9.17) is 10.5 Å². The zero-order chi connectivity index (χ0) is 50.3. The minimum Gasteiger partial charge on any atom is -0.418 e. The molecule has 366 valence electrons. The summed E-state index contributed by atoms with van der Waals surface area (Å²) in [7, 11) is -13.3. The molecule has 69 heavy (non-hydrogen) atoms. The fourth-order valence-electron chi connectivity index (χ4n) is 7.49. The first kappa shape index (κ1) is 60.3. The first-order valence-electron chi connectivity index (χ1n) is 22.1. The molecule has 0 aliphatic heterocycles. The Hall–Kier alpha value is -4.83. The van der Waals surface area contributed by atoms with Gasteiger partial charge in [0.25, 0.3) is 0 Å². The molecule has 0 unspecified atom stereocenters. The molecule has 1 saturated carbocycles. The molecule has 17 heteroatoms. The predicted octanol–water partition coefficient (Wildman–Crippen LogP) is 12.3. The molecule has 0 saturated heterocycles. The maximum Gasteiger partial charge on any atom is 2.00 e. The SMILES string of the molecule is CC#N.CC#N.Cc1ccc(P(c2ccc(C)cc2)c2ccccc2CN[C@@H]2CCCC[C@H]2NCc2ccccc2P(c2ccc(C)cc2)c2ccc(C)cc2)cc1.F[B-](F)(F)F.F[B-](F)(F)F.[Fe+2]. The predicted molar refractivity (Wildman–Crippen MR) is 272 cm³/mol. The Labute approximate surface area is 416 Å². The molecule has 0 spiro atoms. The summed E-state index contributed by atoms with van der Waals surface area (Å²) in [5.74, 6) is 0. The maximum atomic E-state index is 9.75. The summed E-state index contributed by atoms with van der Waals surface area (Å²) in [6.07, 6.45) is 4.95. The van der Waals surface area contributed by atoms with Gasteiger partial charge >= 0.3 is 31.6 Å². The van der Waals surface area contributed by atoms with Crippen LogP contribution in [-0.2, 0) is 30.2 Å². The molecule has 0 amide bonds. The molecule has 7 rings (SSSR count). The zero-order valence-corrected chi connectivity index (χ0v) is 42.5. The van der Waals surface area contributed by atoms with Gasteiger partial charge in [0, 0.05) is 39.0 Å². The fourth-order valence-corrected chi connectivity index (χ4v) is 12.3. The van der Waals surface area contributed by atoms with E-state index in [0.717, 1.165) is 13.1 Å². The second kappa shape index (κ2) is 30.7. The molecular formula is C52H58B2F8FeN4P2. The van der Waals surface area contributed by atoms with Gasteiger partial charge in [0.1, 0.15) is 0 Å². The van der Waals surface area contributed by atoms with Gasteiger partial charge in [-0.05, 0) is 99.3 Å². The van der Waals surface area contributed by atoms with Gasteiger partial charge in [-0.15, -0.1) is 0 Å². The van der Waals surface area contributed by atoms with Crippen molar-refractivity contribution in [2.75, 3.05) is 0 Å². The number of nitrogens with zero attached hydrogens (tertiary/aromatic N) is 2. The Morgan fingerprint density at radius 1 is 0.449 bits per heavy atom. The van der Waals surface area contributed by atoms with E-state index in [9.17, 15) is 34.5 Å². The van der Waals surface area contributed by atoms with E-state index in [-0.39, 0.29) is 17.1 Å². The minimum atomic E-state index is -6.00. The molecule has 1 fully saturated rings. The number of nitriles is 2. The third kappa shape index (κ3) is 22.6. The Morgan fingerprint density at radius 2 is 0.667 bits per heavy atom. The number of hydrogen-bond donors (Lipinski definition) is 2. The van der Waals surface area contributed by atoms with E-state index in [0.29, 0.717) is 12.1 Å². The van der Waals surface area contributed by atoms with Crippen LogP contribution in [0.4, 0.5) is 34.5 Å². The Bertz CT molecular complexity index is 2210. The smallest absolute Gasteiger partial charge is 0.418 e. The van der Waals surface area contributed by atoms with Crippen molar-refractivity contribution < 1.29 is 51.6 Å². The summed E-state index contributed by atoms with van der Waals surface area (Å²) in [5, 5.41) is 31.4. The second-order valence-electron chi connectivity index (χ2n) is 16.0. The van der Waals surface area contributed by atoms with E-state index in [1.165, 1.54) is 105 Å². The zero-order valence-electron chi connectivity index (χ0n) is 39.6. The maximum absolute atomic E-state index is 9.75. The van der Waals surface area contributed by atoms with E-state index in [1.54, 1.807) is 12.1 Å². The molecule has 2 atom stereocenters. The Morgan fingerprint density at radius 3 is 0.899 bits per heavy atom. The van der Waals surface area contributed by atoms with Crippen LogP contribution in [0.3, 0.4) is 0 Å². The minimum absolute atomic E-state index is 0. The van der Waals surface area contributed by atoms with Gasteiger partial charge < -0.3 is 45.2 Å². The second-order valence-corrected chi connectivity index (χ2v) is 20.3. The molecule has 2 N–H and O–H groups in total. The average molecular weight is 1030 g/mol. The van der Waals surface area contributed by atoms with E-state index in [2.05, 4.69) is 184 Å². The van der Waals surface area contributed by atoms with Gasteiger partial charge in [0.15, 0.2) is 0 Å². The topological polar surface area (TPSA) is 71.6 Å². The van der Waals surface area contributed by atoms with Crippen LogP contribution in [0.2, 0.25) is 0 Å². The van der Waals surface area contributed by atoms with E-state index >= 15 is 0 Å². The van der Waals surface area contributed by atoms with Crippen molar-refractivity contribution in [2.24, 2.45) is 0 Å². The van der Waals surface area contributed by atoms with Crippen molar-refractivity contribution in [3.8, 4) is 12.1 Å². The summed E-state index contributed by atoms with van der Waals surface area (Å²) in [5.41, 5.74) is 8.03. The standard InChI is InChI=1S/C48H52N2P2.2C2H3N.2BF4.Fe/c1-35-17-25-41(26-18-35)51(42-27-19-36(2)20-28-42)47-15-9-5-11-39(47)33-49-45-13-7-8-14-46(45)50-34-40-12-6-10-16-48(40)52(43-29-21-37(3)22-30-43)44-31-23-38(4)24-32-44;2*1-2-3;2*2-1(3,4)5;/h5-6,9-12,15-32,45-46,49-50H,7-8,13-14,33-34H2,1-4H3;2*1H3;;;/q;;;2*-1;+2/t45-,46-;;;;;/m1...../s1. The van der Waals surface area contributed by atoms with Gasteiger partial charge in [-0.1, -0.05) is 181 Å². The summed E-state index contributed by atoms with van der Waals surface area (Å²) in [6, 6.07) is 59.5. The first-order chi connectivity index (χ1) is 32.3. The van der Waals surface area contributed by atoms with Crippen molar-refractivity contribution in [1.29, 1.82) is 10.5 Å². The van der Waals surface area contributed by atoms with Gasteiger partial charge in [-0.3, -0.25) is 0 Å². The number of aryl methyl sites for hydroxylation is 4. The molecule has 6 aromatic rings. The van der Waals surface area contributed by atoms with Crippen LogP contribution in [0.5, 0.6) is 0 Å². The summed E-state index contributed by atoms with van der Waals surface area (Å²) < 4.78 is 78.0. The van der Waals surface area contributed by atoms with E-state index < -0.39 is 30.4 Å². The van der Waals surface area contributed by atoms with Crippen molar-refractivity contribution in [3.05, 3.63) is 179 Å². The van der Waals surface area contributed by atoms with Crippen LogP contribution in [0.1, 0.15) is 72.9 Å². The molecule has 0 aromatic heterocycles. The average Bonchev–Trinajstić information content (AvgIpc) is 3.28. The Balaban J connectivity index is 0.000000839. The first-order valence-corrected chi connectivity index (χ1v) is 24.8. The summed E-state index contributed by atoms with van der Waals surface area (Å²) in [4.78, 5) is 0. The molecule has 4 nitrogen and oxygen atoms in total. The number of hydrogen-bond acceptors (Lipinski definition) is 4. The summed E-state index contributed by atoms with van der Waals surface area (Å²) in [6.45, 7) is 13.3. The number of halogens is 8. The normalized spacial score (nSPS) is 14.1. The van der Waals surface area contributed by atoms with Crippen LogP contribution in [0.15, 0.2) is 146 Å². The van der Waals surface area contributed by atoms with Crippen LogP contribution in [0, 0.1) is 50.4 Å². The monoisotopic (exact) mass is 1030 g/mol. The molecule has 0 heterocycles. The molecule has 0 bridgehead atoms. The van der Waals surface area contributed by atoms with Crippen molar-refractivity contribution in [1.82, 2.24) is 10.6 Å². The third-order valence-corrected chi connectivity index (χ3v) is 15.6. The van der Waals surface area contributed by atoms with Gasteiger partial charge in [0.2, 0.25) is 0 Å². The van der Waals surface area contributed by atoms with Crippen molar-refractivity contribution in [3.63, 3.8) is 0 Å². The Kier molecular flexibility index (Phi) is 26.8. The summed E-state index contributed by atoms with van der Waals surface area (Å²) >= 11 is 0. The van der Waals surface area contributed by atoms with Gasteiger partial charge in [0.05, 0.1) is 12.1 Å².